The van der Waals surface area contributed by atoms with Gasteiger partial charge in [-0.1, -0.05) is 32.1 Å². The average Bonchev–Trinajstić information content (AvgIpc) is 3.21. The monoisotopic (exact) mass is 264 g/mol. The lowest BCUT2D eigenvalue weighted by Gasteiger charge is -2.38. The van der Waals surface area contributed by atoms with Gasteiger partial charge in [0.05, 0.1) is 19.4 Å². The van der Waals surface area contributed by atoms with Crippen LogP contribution in [0.2, 0.25) is 0 Å². The van der Waals surface area contributed by atoms with Crippen molar-refractivity contribution >= 4 is 0 Å². The molecular weight excluding hydrogens is 236 g/mol. The van der Waals surface area contributed by atoms with Crippen molar-refractivity contribution in [2.45, 2.75) is 69.9 Å². The fourth-order valence-electron chi connectivity index (χ4n) is 5.09. The maximum atomic E-state index is 6.16. The Balaban J connectivity index is 1.50. The number of nitrogens with zero attached hydrogens (tertiary/aromatic N) is 1. The summed E-state index contributed by atoms with van der Waals surface area (Å²) in [6.07, 6.45) is 13.5. The molecule has 4 fully saturated rings. The summed E-state index contributed by atoms with van der Waals surface area (Å²) in [6, 6.07) is 0.772. The fraction of sp³-hybridized carbons (Fsp3) is 1.00. The number of hydrazine groups is 1. The van der Waals surface area contributed by atoms with Gasteiger partial charge in [0.1, 0.15) is 0 Å². The predicted molar refractivity (Wildman–Crippen MR) is 75.4 cm³/mol. The zero-order valence-corrected chi connectivity index (χ0v) is 12.0. The minimum Gasteiger partial charge on any atom is -0.378 e. The zero-order valence-electron chi connectivity index (χ0n) is 12.0. The molecule has 19 heavy (non-hydrogen) atoms. The number of hydrogen-bond acceptors (Lipinski definition) is 3. The molecule has 4 aliphatic rings. The van der Waals surface area contributed by atoms with Gasteiger partial charge in [-0.3, -0.25) is 0 Å². The molecule has 0 amide bonds. The molecule has 2 saturated heterocycles. The van der Waals surface area contributed by atoms with E-state index in [0.29, 0.717) is 6.10 Å². The smallest absolute Gasteiger partial charge is 0.0758 e. The SMILES string of the molecule is C1CCC(C([C@H]2COC3CCCCC32)N2CN2)CC1. The van der Waals surface area contributed by atoms with Crippen LogP contribution in [-0.4, -0.2) is 30.4 Å². The molecule has 0 spiro atoms. The first-order valence-corrected chi connectivity index (χ1v) is 8.55. The van der Waals surface area contributed by atoms with E-state index in [1.54, 1.807) is 0 Å². The highest BCUT2D eigenvalue weighted by molar-refractivity contribution is 4.97. The van der Waals surface area contributed by atoms with Crippen molar-refractivity contribution in [2.75, 3.05) is 13.3 Å². The fourth-order valence-corrected chi connectivity index (χ4v) is 5.09. The first-order chi connectivity index (χ1) is 9.43. The van der Waals surface area contributed by atoms with Crippen LogP contribution >= 0.6 is 0 Å². The summed E-state index contributed by atoms with van der Waals surface area (Å²) in [5, 5.41) is 2.53. The van der Waals surface area contributed by atoms with Gasteiger partial charge in [0.2, 0.25) is 0 Å². The molecule has 4 rings (SSSR count). The van der Waals surface area contributed by atoms with Gasteiger partial charge in [0, 0.05) is 12.0 Å². The number of nitrogens with one attached hydrogen (secondary N) is 1. The van der Waals surface area contributed by atoms with E-state index in [1.165, 1.54) is 57.8 Å². The van der Waals surface area contributed by atoms with Crippen molar-refractivity contribution in [3.63, 3.8) is 0 Å². The Bertz CT molecular complexity index is 312. The summed E-state index contributed by atoms with van der Waals surface area (Å²) in [5.74, 6) is 2.60. The van der Waals surface area contributed by atoms with Gasteiger partial charge < -0.3 is 4.74 Å². The Hall–Kier alpha value is -0.120. The molecule has 0 aromatic carbocycles. The van der Waals surface area contributed by atoms with E-state index < -0.39 is 0 Å². The van der Waals surface area contributed by atoms with Crippen LogP contribution in [0.25, 0.3) is 0 Å². The van der Waals surface area contributed by atoms with Gasteiger partial charge in [0.25, 0.3) is 0 Å². The van der Waals surface area contributed by atoms with Crippen molar-refractivity contribution in [3.05, 3.63) is 0 Å². The summed E-state index contributed by atoms with van der Waals surface area (Å²) < 4.78 is 6.16. The third-order valence-electron chi connectivity index (χ3n) is 6.08. The molecule has 2 heterocycles. The number of ether oxygens (including phenoxy) is 1. The first kappa shape index (κ1) is 12.6. The van der Waals surface area contributed by atoms with Crippen molar-refractivity contribution in [1.29, 1.82) is 0 Å². The topological polar surface area (TPSA) is 34.2 Å². The first-order valence-electron chi connectivity index (χ1n) is 8.55. The van der Waals surface area contributed by atoms with Crippen molar-refractivity contribution < 1.29 is 4.74 Å². The van der Waals surface area contributed by atoms with Gasteiger partial charge >= 0.3 is 0 Å². The number of fused-ring (bicyclic) bond motifs is 1. The minimum atomic E-state index is 0.602. The van der Waals surface area contributed by atoms with E-state index in [1.807, 2.05) is 0 Å². The molecule has 2 saturated carbocycles. The molecule has 4 unspecified atom stereocenters. The van der Waals surface area contributed by atoms with Gasteiger partial charge in [-0.15, -0.1) is 0 Å². The van der Waals surface area contributed by atoms with E-state index in [2.05, 4.69) is 10.4 Å². The Labute approximate surface area is 117 Å². The average molecular weight is 264 g/mol. The maximum absolute atomic E-state index is 6.16. The summed E-state index contributed by atoms with van der Waals surface area (Å²) in [6.45, 7) is 2.16. The molecule has 2 aliphatic carbocycles. The second kappa shape index (κ2) is 5.34. The van der Waals surface area contributed by atoms with Crippen LogP contribution < -0.4 is 5.43 Å². The summed E-state index contributed by atoms with van der Waals surface area (Å²) in [7, 11) is 0. The van der Waals surface area contributed by atoms with Crippen LogP contribution in [0, 0.1) is 17.8 Å². The highest BCUT2D eigenvalue weighted by Crippen LogP contribution is 2.45. The Morgan fingerprint density at radius 2 is 1.68 bits per heavy atom. The van der Waals surface area contributed by atoms with E-state index in [9.17, 15) is 0 Å². The van der Waals surface area contributed by atoms with Gasteiger partial charge in [-0.25, -0.2) is 10.4 Å². The van der Waals surface area contributed by atoms with Crippen LogP contribution in [0.3, 0.4) is 0 Å². The van der Waals surface area contributed by atoms with Crippen LogP contribution in [-0.2, 0) is 4.74 Å². The van der Waals surface area contributed by atoms with E-state index in [0.717, 1.165) is 37.1 Å². The van der Waals surface area contributed by atoms with E-state index in [-0.39, 0.29) is 0 Å². The van der Waals surface area contributed by atoms with Gasteiger partial charge in [-0.05, 0) is 37.5 Å². The third-order valence-corrected chi connectivity index (χ3v) is 6.08. The molecule has 0 bridgehead atoms. The van der Waals surface area contributed by atoms with E-state index in [4.69, 9.17) is 4.74 Å². The van der Waals surface area contributed by atoms with Crippen LogP contribution in [0.5, 0.6) is 0 Å². The maximum Gasteiger partial charge on any atom is 0.0758 e. The third kappa shape index (κ3) is 2.45. The number of rotatable bonds is 3. The normalized spacial score (nSPS) is 44.8. The van der Waals surface area contributed by atoms with Crippen LogP contribution in [0.4, 0.5) is 0 Å². The Morgan fingerprint density at radius 3 is 2.47 bits per heavy atom. The summed E-state index contributed by atoms with van der Waals surface area (Å²) >= 11 is 0. The molecule has 0 aromatic heterocycles. The van der Waals surface area contributed by atoms with Crippen LogP contribution in [0.1, 0.15) is 57.8 Å². The second-order valence-corrected chi connectivity index (χ2v) is 7.16. The summed E-state index contributed by atoms with van der Waals surface area (Å²) in [5.41, 5.74) is 3.48. The highest BCUT2D eigenvalue weighted by Gasteiger charge is 2.48. The van der Waals surface area contributed by atoms with E-state index >= 15 is 0 Å². The number of hydrogen-bond donors (Lipinski definition) is 1. The second-order valence-electron chi connectivity index (χ2n) is 7.16. The molecule has 0 aromatic rings. The standard InChI is InChI=1S/C16H28N2O/c1-2-6-12(7-3-1)16(18-11-17-18)14-10-19-15-9-5-4-8-13(14)15/h12-17H,1-11H2/t13?,14-,15?,16?,18?/m0/s1. The van der Waals surface area contributed by atoms with Gasteiger partial charge in [0.15, 0.2) is 0 Å². The highest BCUT2D eigenvalue weighted by atomic mass is 16.5. The van der Waals surface area contributed by atoms with Crippen molar-refractivity contribution in [1.82, 2.24) is 10.4 Å². The largest absolute Gasteiger partial charge is 0.378 e. The molecule has 5 atom stereocenters. The lowest BCUT2D eigenvalue weighted by Crippen LogP contribution is -2.42. The Kier molecular flexibility index (Phi) is 3.55. The molecule has 108 valence electrons. The lowest BCUT2D eigenvalue weighted by molar-refractivity contribution is 0.0662. The zero-order chi connectivity index (χ0) is 12.7. The Morgan fingerprint density at radius 1 is 0.947 bits per heavy atom. The minimum absolute atomic E-state index is 0.602. The van der Waals surface area contributed by atoms with Crippen LogP contribution in [0.15, 0.2) is 0 Å². The molecule has 0 radical (unpaired) electrons. The molecular formula is C16H28N2O. The van der Waals surface area contributed by atoms with Crippen molar-refractivity contribution in [3.8, 4) is 0 Å². The van der Waals surface area contributed by atoms with Gasteiger partial charge in [-0.2, -0.15) is 0 Å². The lowest BCUT2D eigenvalue weighted by atomic mass is 9.71. The summed E-state index contributed by atoms with van der Waals surface area (Å²) in [4.78, 5) is 0. The predicted octanol–water partition coefficient (Wildman–Crippen LogP) is 2.92. The molecule has 2 aliphatic heterocycles. The molecule has 3 heteroatoms. The van der Waals surface area contributed by atoms with Crippen molar-refractivity contribution in [2.24, 2.45) is 17.8 Å². The molecule has 3 nitrogen and oxygen atoms in total. The molecule has 1 N–H and O–H groups in total. The quantitative estimate of drug-likeness (QED) is 0.796.